The van der Waals surface area contributed by atoms with E-state index >= 15 is 0 Å². The van der Waals surface area contributed by atoms with Gasteiger partial charge in [0, 0.05) is 24.7 Å². The van der Waals surface area contributed by atoms with Gasteiger partial charge in [-0.3, -0.25) is 4.79 Å². The van der Waals surface area contributed by atoms with E-state index in [9.17, 15) is 4.79 Å². The third-order valence-corrected chi connectivity index (χ3v) is 4.00. The molecule has 20 heavy (non-hydrogen) atoms. The average molecular weight is 274 g/mol. The Morgan fingerprint density at radius 3 is 2.20 bits per heavy atom. The fourth-order valence-electron chi connectivity index (χ4n) is 2.59. The molecule has 1 heterocycles. The van der Waals surface area contributed by atoms with E-state index in [1.807, 2.05) is 20.8 Å². The summed E-state index contributed by atoms with van der Waals surface area (Å²) in [6.07, 6.45) is 3.94. The lowest BCUT2D eigenvalue weighted by atomic mass is 10.1. The standard InChI is InChI=1S/C17H26N2O/c1-13(2)17(20)18-14(3)15-7-9-16(10-8-15)19-11-5-4-6-12-19/h7-10,13-14H,4-6,11-12H2,1-3H3,(H,18,20). The number of nitrogens with zero attached hydrogens (tertiary/aromatic N) is 1. The molecule has 2 rings (SSSR count). The Labute approximate surface area is 122 Å². The highest BCUT2D eigenvalue weighted by atomic mass is 16.1. The highest BCUT2D eigenvalue weighted by molar-refractivity contribution is 5.78. The molecule has 1 N–H and O–H groups in total. The van der Waals surface area contributed by atoms with Crippen LogP contribution in [-0.4, -0.2) is 19.0 Å². The first-order valence-electron chi connectivity index (χ1n) is 7.73. The molecule has 110 valence electrons. The van der Waals surface area contributed by atoms with Gasteiger partial charge < -0.3 is 10.2 Å². The number of carbonyl (C=O) groups excluding carboxylic acids is 1. The van der Waals surface area contributed by atoms with Crippen LogP contribution in [0.4, 0.5) is 5.69 Å². The third-order valence-electron chi connectivity index (χ3n) is 4.00. The molecule has 1 aliphatic rings. The van der Waals surface area contributed by atoms with Crippen LogP contribution in [-0.2, 0) is 4.79 Å². The molecule has 1 unspecified atom stereocenters. The smallest absolute Gasteiger partial charge is 0.223 e. The number of piperidine rings is 1. The molecule has 1 saturated heterocycles. The van der Waals surface area contributed by atoms with Crippen molar-refractivity contribution < 1.29 is 4.79 Å². The highest BCUT2D eigenvalue weighted by Gasteiger charge is 2.14. The molecule has 1 fully saturated rings. The molecule has 1 aliphatic heterocycles. The van der Waals surface area contributed by atoms with Crippen molar-refractivity contribution in [1.82, 2.24) is 5.32 Å². The molecular weight excluding hydrogens is 248 g/mol. The molecular formula is C17H26N2O. The largest absolute Gasteiger partial charge is 0.372 e. The number of amides is 1. The highest BCUT2D eigenvalue weighted by Crippen LogP contribution is 2.22. The van der Waals surface area contributed by atoms with Crippen LogP contribution in [0.2, 0.25) is 0 Å². The predicted octanol–water partition coefficient (Wildman–Crippen LogP) is 3.51. The van der Waals surface area contributed by atoms with Gasteiger partial charge in [0.25, 0.3) is 0 Å². The quantitative estimate of drug-likeness (QED) is 0.911. The van der Waals surface area contributed by atoms with Crippen LogP contribution in [0.3, 0.4) is 0 Å². The van der Waals surface area contributed by atoms with Crippen LogP contribution in [0.15, 0.2) is 24.3 Å². The van der Waals surface area contributed by atoms with Gasteiger partial charge in [0.05, 0.1) is 6.04 Å². The van der Waals surface area contributed by atoms with Crippen molar-refractivity contribution in [1.29, 1.82) is 0 Å². The molecule has 0 aliphatic carbocycles. The lowest BCUT2D eigenvalue weighted by molar-refractivity contribution is -0.124. The summed E-state index contributed by atoms with van der Waals surface area (Å²) in [5.41, 5.74) is 2.47. The number of hydrogen-bond acceptors (Lipinski definition) is 2. The lowest BCUT2D eigenvalue weighted by Crippen LogP contribution is -2.30. The number of anilines is 1. The Morgan fingerprint density at radius 2 is 1.65 bits per heavy atom. The van der Waals surface area contributed by atoms with Crippen molar-refractivity contribution >= 4 is 11.6 Å². The molecule has 0 bridgehead atoms. The van der Waals surface area contributed by atoms with Gasteiger partial charge in [-0.2, -0.15) is 0 Å². The third kappa shape index (κ3) is 3.75. The van der Waals surface area contributed by atoms with Crippen molar-refractivity contribution in [3.05, 3.63) is 29.8 Å². The summed E-state index contributed by atoms with van der Waals surface area (Å²) in [6, 6.07) is 8.70. The zero-order valence-electron chi connectivity index (χ0n) is 12.9. The summed E-state index contributed by atoms with van der Waals surface area (Å²) in [4.78, 5) is 14.2. The van der Waals surface area contributed by atoms with Crippen molar-refractivity contribution in [3.8, 4) is 0 Å². The zero-order valence-corrected chi connectivity index (χ0v) is 12.9. The van der Waals surface area contributed by atoms with Gasteiger partial charge >= 0.3 is 0 Å². The van der Waals surface area contributed by atoms with Crippen LogP contribution < -0.4 is 10.2 Å². The van der Waals surface area contributed by atoms with Gasteiger partial charge in [-0.05, 0) is 43.9 Å². The molecule has 3 heteroatoms. The fourth-order valence-corrected chi connectivity index (χ4v) is 2.59. The fraction of sp³-hybridized carbons (Fsp3) is 0.588. The maximum absolute atomic E-state index is 11.7. The Balaban J connectivity index is 1.98. The van der Waals surface area contributed by atoms with E-state index in [0.717, 1.165) is 0 Å². The molecule has 0 spiro atoms. The number of rotatable bonds is 4. The Kier molecular flexibility index (Phi) is 5.05. The van der Waals surface area contributed by atoms with Gasteiger partial charge in [0.2, 0.25) is 5.91 Å². The molecule has 0 saturated carbocycles. The predicted molar refractivity (Wildman–Crippen MR) is 83.9 cm³/mol. The van der Waals surface area contributed by atoms with Crippen LogP contribution in [0.5, 0.6) is 0 Å². The number of benzene rings is 1. The first kappa shape index (κ1) is 14.9. The monoisotopic (exact) mass is 274 g/mol. The van der Waals surface area contributed by atoms with Gasteiger partial charge in [-0.15, -0.1) is 0 Å². The topological polar surface area (TPSA) is 32.3 Å². The van der Waals surface area contributed by atoms with E-state index in [0.29, 0.717) is 0 Å². The normalized spacial score (nSPS) is 17.1. The van der Waals surface area contributed by atoms with E-state index < -0.39 is 0 Å². The average Bonchev–Trinajstić information content (AvgIpc) is 2.48. The molecule has 1 aromatic carbocycles. The summed E-state index contributed by atoms with van der Waals surface area (Å²) in [6.45, 7) is 8.21. The summed E-state index contributed by atoms with van der Waals surface area (Å²) < 4.78 is 0. The Morgan fingerprint density at radius 1 is 1.05 bits per heavy atom. The minimum absolute atomic E-state index is 0.0325. The van der Waals surface area contributed by atoms with Crippen LogP contribution in [0.25, 0.3) is 0 Å². The number of nitrogens with one attached hydrogen (secondary N) is 1. The lowest BCUT2D eigenvalue weighted by Gasteiger charge is -2.29. The summed E-state index contributed by atoms with van der Waals surface area (Å²) >= 11 is 0. The molecule has 1 aromatic rings. The van der Waals surface area contributed by atoms with Gasteiger partial charge in [-0.25, -0.2) is 0 Å². The molecule has 1 atom stereocenters. The van der Waals surface area contributed by atoms with E-state index in [2.05, 4.69) is 34.5 Å². The second kappa shape index (κ2) is 6.78. The number of hydrogen-bond donors (Lipinski definition) is 1. The van der Waals surface area contributed by atoms with Gasteiger partial charge in [-0.1, -0.05) is 26.0 Å². The van der Waals surface area contributed by atoms with Crippen molar-refractivity contribution in [2.45, 2.75) is 46.1 Å². The molecule has 3 nitrogen and oxygen atoms in total. The minimum Gasteiger partial charge on any atom is -0.372 e. The Bertz CT molecular complexity index is 433. The SMILES string of the molecule is CC(C)C(=O)NC(C)c1ccc(N2CCCCC2)cc1. The zero-order chi connectivity index (χ0) is 14.5. The first-order chi connectivity index (χ1) is 9.58. The first-order valence-corrected chi connectivity index (χ1v) is 7.73. The molecule has 0 aromatic heterocycles. The van der Waals surface area contributed by atoms with E-state index in [1.165, 1.54) is 43.6 Å². The summed E-state index contributed by atoms with van der Waals surface area (Å²) in [5, 5.41) is 3.04. The maximum atomic E-state index is 11.7. The van der Waals surface area contributed by atoms with Crippen LogP contribution in [0.1, 0.15) is 51.6 Å². The van der Waals surface area contributed by atoms with Crippen LogP contribution in [0, 0.1) is 5.92 Å². The number of carbonyl (C=O) groups is 1. The van der Waals surface area contributed by atoms with E-state index in [4.69, 9.17) is 0 Å². The second-order valence-corrected chi connectivity index (χ2v) is 6.02. The Hall–Kier alpha value is -1.51. The second-order valence-electron chi connectivity index (χ2n) is 6.02. The minimum atomic E-state index is 0.0325. The molecule has 0 radical (unpaired) electrons. The summed E-state index contributed by atoms with van der Waals surface area (Å²) in [5.74, 6) is 0.141. The van der Waals surface area contributed by atoms with Crippen molar-refractivity contribution in [3.63, 3.8) is 0 Å². The maximum Gasteiger partial charge on any atom is 0.223 e. The van der Waals surface area contributed by atoms with Gasteiger partial charge in [0.1, 0.15) is 0 Å². The molecule has 1 amide bonds. The van der Waals surface area contributed by atoms with Crippen LogP contribution >= 0.6 is 0 Å². The summed E-state index contributed by atoms with van der Waals surface area (Å²) in [7, 11) is 0. The van der Waals surface area contributed by atoms with E-state index in [1.54, 1.807) is 0 Å². The van der Waals surface area contributed by atoms with Crippen molar-refractivity contribution in [2.24, 2.45) is 5.92 Å². The van der Waals surface area contributed by atoms with Gasteiger partial charge in [0.15, 0.2) is 0 Å². The van der Waals surface area contributed by atoms with Crippen molar-refractivity contribution in [2.75, 3.05) is 18.0 Å². The van der Waals surface area contributed by atoms with E-state index in [-0.39, 0.29) is 17.9 Å².